The van der Waals surface area contributed by atoms with Crippen LogP contribution in [-0.4, -0.2) is 72.2 Å². The number of likely N-dealkylation sites (N-methyl/N-ethyl adjacent to an activating group) is 1. The highest BCUT2D eigenvalue weighted by atomic mass is 32.2. The van der Waals surface area contributed by atoms with Crippen molar-refractivity contribution in [2.24, 2.45) is 5.92 Å². The molecule has 9 nitrogen and oxygen atoms in total. The van der Waals surface area contributed by atoms with E-state index < -0.39 is 9.84 Å². The maximum Gasteiger partial charge on any atom is 0.226 e. The van der Waals surface area contributed by atoms with Gasteiger partial charge in [0.25, 0.3) is 0 Å². The molecule has 0 amide bonds. The largest absolute Gasteiger partial charge is 0.338 e. The molecule has 10 heteroatoms. The van der Waals surface area contributed by atoms with E-state index >= 15 is 0 Å². The van der Waals surface area contributed by atoms with Gasteiger partial charge in [0.2, 0.25) is 5.95 Å². The minimum Gasteiger partial charge on any atom is -0.338 e. The van der Waals surface area contributed by atoms with E-state index in [-0.39, 0.29) is 11.5 Å². The summed E-state index contributed by atoms with van der Waals surface area (Å²) in [6.45, 7) is 5.66. The molecule has 174 valence electrons. The molecule has 2 aromatic heterocycles. The number of fused-ring (bicyclic) bond motifs is 1. The molecule has 1 aromatic carbocycles. The van der Waals surface area contributed by atoms with Crippen LogP contribution in [0.5, 0.6) is 0 Å². The Labute approximate surface area is 194 Å². The van der Waals surface area contributed by atoms with Gasteiger partial charge in [-0.25, -0.2) is 28.4 Å². The molecule has 0 atom stereocenters. The summed E-state index contributed by atoms with van der Waals surface area (Å²) in [7, 11) is -1.00. The van der Waals surface area contributed by atoms with Crippen LogP contribution in [-0.2, 0) is 15.6 Å². The zero-order chi connectivity index (χ0) is 23.0. The second-order valence-corrected chi connectivity index (χ2v) is 11.3. The van der Waals surface area contributed by atoms with Gasteiger partial charge in [0.05, 0.1) is 17.7 Å². The number of nitrogens with zero attached hydrogens (tertiary/aromatic N) is 6. The first-order valence-electron chi connectivity index (χ1n) is 11.3. The van der Waals surface area contributed by atoms with Gasteiger partial charge in [0.1, 0.15) is 17.4 Å². The van der Waals surface area contributed by atoms with E-state index in [0.717, 1.165) is 55.8 Å². The minimum absolute atomic E-state index is 0.0543. The van der Waals surface area contributed by atoms with E-state index in [1.807, 2.05) is 25.1 Å². The summed E-state index contributed by atoms with van der Waals surface area (Å²) in [5, 5.41) is 3.37. The predicted molar refractivity (Wildman–Crippen MR) is 130 cm³/mol. The van der Waals surface area contributed by atoms with Gasteiger partial charge in [0.15, 0.2) is 15.7 Å². The van der Waals surface area contributed by atoms with Gasteiger partial charge in [-0.1, -0.05) is 12.1 Å². The van der Waals surface area contributed by atoms with Gasteiger partial charge in [-0.05, 0) is 49.9 Å². The van der Waals surface area contributed by atoms with Crippen LogP contribution in [0.2, 0.25) is 0 Å². The van der Waals surface area contributed by atoms with E-state index in [1.54, 1.807) is 6.20 Å². The van der Waals surface area contributed by atoms with Gasteiger partial charge in [0, 0.05) is 31.9 Å². The summed E-state index contributed by atoms with van der Waals surface area (Å²) in [5.74, 6) is 1.94. The number of aryl methyl sites for hydroxylation is 1. The van der Waals surface area contributed by atoms with E-state index in [2.05, 4.69) is 37.1 Å². The molecule has 1 aliphatic heterocycles. The van der Waals surface area contributed by atoms with E-state index in [4.69, 9.17) is 4.98 Å². The lowest BCUT2D eigenvalue weighted by atomic mass is 10.1. The van der Waals surface area contributed by atoms with Crippen molar-refractivity contribution < 1.29 is 8.42 Å². The Morgan fingerprint density at radius 2 is 1.88 bits per heavy atom. The van der Waals surface area contributed by atoms with E-state index in [1.165, 1.54) is 6.33 Å². The Morgan fingerprint density at radius 3 is 2.64 bits per heavy atom. The molecule has 0 unspecified atom stereocenters. The van der Waals surface area contributed by atoms with Crippen molar-refractivity contribution in [3.63, 3.8) is 0 Å². The van der Waals surface area contributed by atoms with Gasteiger partial charge < -0.3 is 15.1 Å². The van der Waals surface area contributed by atoms with Crippen molar-refractivity contribution in [3.8, 4) is 0 Å². The molecule has 3 heterocycles. The normalized spacial score (nSPS) is 17.5. The highest BCUT2D eigenvalue weighted by Crippen LogP contribution is 2.32. The fraction of sp³-hybridized carbons (Fsp3) is 0.478. The van der Waals surface area contributed by atoms with Crippen LogP contribution >= 0.6 is 0 Å². The number of hydrogen-bond donors (Lipinski definition) is 1. The van der Waals surface area contributed by atoms with Gasteiger partial charge in [-0.3, -0.25) is 0 Å². The van der Waals surface area contributed by atoms with Crippen LogP contribution < -0.4 is 10.2 Å². The number of piperazine rings is 1. The Kier molecular flexibility index (Phi) is 5.88. The Balaban J connectivity index is 1.41. The van der Waals surface area contributed by atoms with Gasteiger partial charge in [-0.2, -0.15) is 0 Å². The molecule has 33 heavy (non-hydrogen) atoms. The number of aromatic nitrogens is 4. The second-order valence-electron chi connectivity index (χ2n) is 9.19. The number of anilines is 3. The number of nitrogens with one attached hydrogen (secondary N) is 1. The average molecular weight is 468 g/mol. The van der Waals surface area contributed by atoms with E-state index in [9.17, 15) is 8.42 Å². The summed E-state index contributed by atoms with van der Waals surface area (Å²) < 4.78 is 25.0. The molecule has 1 aliphatic carbocycles. The van der Waals surface area contributed by atoms with Crippen molar-refractivity contribution in [1.29, 1.82) is 0 Å². The molecule has 0 spiro atoms. The highest BCUT2D eigenvalue weighted by molar-refractivity contribution is 7.90. The molecule has 3 aromatic rings. The number of benzene rings is 1. The monoisotopic (exact) mass is 467 g/mol. The predicted octanol–water partition coefficient (Wildman–Crippen LogP) is 2.55. The van der Waals surface area contributed by atoms with Crippen molar-refractivity contribution in [2.45, 2.75) is 25.5 Å². The Hall–Kier alpha value is -2.85. The van der Waals surface area contributed by atoms with Gasteiger partial charge in [-0.15, -0.1) is 0 Å². The van der Waals surface area contributed by atoms with Crippen LogP contribution in [0.3, 0.4) is 0 Å². The van der Waals surface area contributed by atoms with Crippen molar-refractivity contribution in [3.05, 3.63) is 41.9 Å². The van der Waals surface area contributed by atoms with E-state index in [0.29, 0.717) is 28.7 Å². The third kappa shape index (κ3) is 5.22. The summed E-state index contributed by atoms with van der Waals surface area (Å²) in [5.41, 5.74) is 3.89. The zero-order valence-electron chi connectivity index (χ0n) is 19.0. The Bertz CT molecular complexity index is 1270. The van der Waals surface area contributed by atoms with Crippen molar-refractivity contribution in [1.82, 2.24) is 24.8 Å². The minimum atomic E-state index is -3.11. The van der Waals surface area contributed by atoms with Crippen LogP contribution in [0.4, 0.5) is 17.5 Å². The molecular formula is C23H29N7O2S. The fourth-order valence-corrected chi connectivity index (χ4v) is 5.93. The molecule has 2 aliphatic rings. The van der Waals surface area contributed by atoms with Crippen molar-refractivity contribution >= 4 is 38.3 Å². The fourth-order valence-electron chi connectivity index (χ4n) is 4.07. The molecule has 1 N–H and O–H groups in total. The molecule has 0 radical (unpaired) electrons. The SMILES string of the molecule is Cc1ccc(CS(=O)(=O)CC2CC2)cc1Nc1ncnc2cnc(N3CCN(C)CC3)nc12. The third-order valence-electron chi connectivity index (χ3n) is 6.28. The standard InChI is InChI=1S/C23H29N7O2S/c1-16-3-4-18(14-33(31,32)13-17-5-6-17)11-19(16)27-22-21-20(25-15-26-22)12-24-23(28-21)30-9-7-29(2)8-10-30/h3-4,11-12,15,17H,5-10,13-14H2,1-2H3,(H,25,26,27). The Morgan fingerprint density at radius 1 is 1.09 bits per heavy atom. The molecule has 5 rings (SSSR count). The maximum absolute atomic E-state index is 12.5. The zero-order valence-corrected chi connectivity index (χ0v) is 19.8. The van der Waals surface area contributed by atoms with Crippen LogP contribution in [0.15, 0.2) is 30.7 Å². The van der Waals surface area contributed by atoms with Crippen molar-refractivity contribution in [2.75, 3.05) is 49.2 Å². The average Bonchev–Trinajstić information content (AvgIpc) is 3.59. The topological polar surface area (TPSA) is 104 Å². The molecule has 1 saturated heterocycles. The molecule has 1 saturated carbocycles. The number of hydrogen-bond acceptors (Lipinski definition) is 9. The number of rotatable bonds is 7. The summed E-state index contributed by atoms with van der Waals surface area (Å²) in [6, 6.07) is 5.73. The smallest absolute Gasteiger partial charge is 0.226 e. The lowest BCUT2D eigenvalue weighted by Gasteiger charge is -2.32. The summed E-state index contributed by atoms with van der Waals surface area (Å²) in [6.07, 6.45) is 5.27. The third-order valence-corrected chi connectivity index (χ3v) is 8.03. The quantitative estimate of drug-likeness (QED) is 0.561. The molecule has 0 bridgehead atoms. The molecule has 2 fully saturated rings. The first-order chi connectivity index (χ1) is 15.9. The first-order valence-corrected chi connectivity index (χ1v) is 13.2. The summed E-state index contributed by atoms with van der Waals surface area (Å²) in [4.78, 5) is 22.5. The second kappa shape index (κ2) is 8.83. The van der Waals surface area contributed by atoms with Crippen LogP contribution in [0.1, 0.15) is 24.0 Å². The van der Waals surface area contributed by atoms with Gasteiger partial charge >= 0.3 is 0 Å². The van der Waals surface area contributed by atoms with Crippen LogP contribution in [0, 0.1) is 12.8 Å². The summed E-state index contributed by atoms with van der Waals surface area (Å²) >= 11 is 0. The number of sulfone groups is 1. The highest BCUT2D eigenvalue weighted by Gasteiger charge is 2.28. The maximum atomic E-state index is 12.5. The first kappa shape index (κ1) is 22.0. The lowest BCUT2D eigenvalue weighted by molar-refractivity contribution is 0.311. The molecular weight excluding hydrogens is 438 g/mol. The lowest BCUT2D eigenvalue weighted by Crippen LogP contribution is -2.45. The van der Waals surface area contributed by atoms with Crippen LogP contribution in [0.25, 0.3) is 11.0 Å².